The van der Waals surface area contributed by atoms with Crippen LogP contribution in [0.5, 0.6) is 23.0 Å². The first kappa shape index (κ1) is 65.2. The van der Waals surface area contributed by atoms with Crippen LogP contribution in [0.15, 0.2) is 60.7 Å². The van der Waals surface area contributed by atoms with Gasteiger partial charge in [0.1, 0.15) is 36.2 Å². The van der Waals surface area contributed by atoms with E-state index in [2.05, 4.69) is 108 Å². The highest BCUT2D eigenvalue weighted by molar-refractivity contribution is 7.97. The maximum Gasteiger partial charge on any atom is 0.216 e. The third-order valence-corrected chi connectivity index (χ3v) is 16.7. The maximum absolute atomic E-state index is 12.8. The van der Waals surface area contributed by atoms with Crippen molar-refractivity contribution in [3.8, 4) is 23.0 Å². The fourth-order valence-electron chi connectivity index (χ4n) is 10.4. The Morgan fingerprint density at radius 2 is 0.625 bits per heavy atom. The Hall–Kier alpha value is -5.66. The number of hydrogen-bond donors (Lipinski definition) is 6. The van der Waals surface area contributed by atoms with Crippen LogP contribution in [-0.2, 0) is 57.2 Å². The number of ether oxygens (including phenoxy) is 2. The van der Waals surface area contributed by atoms with Crippen molar-refractivity contribution >= 4 is 70.0 Å². The number of carbonyl (C=O) groups excluding carboxylic acids is 2. The number of benzene rings is 6. The molecule has 0 saturated carbocycles. The lowest BCUT2D eigenvalue weighted by molar-refractivity contribution is 0.107. The Morgan fingerprint density at radius 1 is 0.400 bits per heavy atom. The third-order valence-electron chi connectivity index (χ3n) is 15.5. The van der Waals surface area contributed by atoms with Gasteiger partial charge in [-0.05, 0) is 251 Å². The topological polar surface area (TPSA) is 134 Å². The predicted octanol–water partition coefficient (Wildman–Crippen LogP) is 17.0. The number of aryl methyl sites for hydroxylation is 4. The van der Waals surface area contributed by atoms with E-state index in [1.54, 1.807) is 12.1 Å². The van der Waals surface area contributed by atoms with Gasteiger partial charge in [0.2, 0.25) is 10.2 Å². The summed E-state index contributed by atoms with van der Waals surface area (Å²) in [7, 11) is 0. The average Bonchev–Trinajstić information content (AvgIpc) is 3.37. The smallest absolute Gasteiger partial charge is 0.216 e. The van der Waals surface area contributed by atoms with Gasteiger partial charge in [0.15, 0.2) is 10.1 Å². The second-order valence-electron chi connectivity index (χ2n) is 25.6. The number of thiol groups is 2. The van der Waals surface area contributed by atoms with Gasteiger partial charge in [-0.2, -0.15) is 0 Å². The molecule has 0 bridgehead atoms. The molecule has 0 fully saturated rings. The van der Waals surface area contributed by atoms with Crippen molar-refractivity contribution in [2.75, 3.05) is 0 Å². The fourth-order valence-corrected chi connectivity index (χ4v) is 11.2. The van der Waals surface area contributed by atoms with Crippen LogP contribution in [-0.4, -0.2) is 40.8 Å². The van der Waals surface area contributed by atoms with E-state index in [0.717, 1.165) is 100 Å². The molecule has 6 aromatic carbocycles. The van der Waals surface area contributed by atoms with Crippen molar-refractivity contribution in [2.24, 2.45) is 0 Å². The van der Waals surface area contributed by atoms with Gasteiger partial charge in [0.25, 0.3) is 0 Å². The molecule has 428 valence electrons. The fraction of sp³-hybridized carbons (Fsp3) is 0.412. The standard InChI is InChI=1S/2C34H42O4S2/c1-19-15-27(33(5,6)7)29(35)21(3)25(19)17-37-31(39)23-11-13-24(14-12-23)32(40)38-18-26-20(2)16-28(34(8,9)10)30(36)22(26)4;1-17-13-27(33(5,6)7)29(35)19(3)23(17)15-25-21(31(37)39)11-12-22(32(38)40)26(25)16-24-18(2)14-28(34(8,9)10)30(36)20(24)4/h11-16,35-36H,17-18H2,1-10H3;11-14,35-36H,15-16H2,1-10H3,(H,37,39)(H,38,40). The Balaban J connectivity index is 0.000000294. The summed E-state index contributed by atoms with van der Waals surface area (Å²) in [4.78, 5) is 25.6. The normalized spacial score (nSPS) is 12.0. The molecule has 4 N–H and O–H groups in total. The number of aromatic hydroxyl groups is 4. The van der Waals surface area contributed by atoms with Crippen LogP contribution in [0.25, 0.3) is 0 Å². The molecule has 0 radical (unpaired) electrons. The SMILES string of the molecule is Cc1cc(C(C)(C)C)c(O)c(C)c1COC(=S)c1ccc(C(=S)OCc2c(C)cc(C(C)(C)C)c(O)c2C)cc1.Cc1cc(C(C)(C)C)c(O)c(C)c1Cc1c(C(=O)S)ccc(C(=O)S)c1Cc1c(C)cc(C(C)(C)C)c(O)c1C. The summed E-state index contributed by atoms with van der Waals surface area (Å²) in [6.07, 6.45) is 0.650. The summed E-state index contributed by atoms with van der Waals surface area (Å²) < 4.78 is 11.9. The van der Waals surface area contributed by atoms with E-state index in [0.29, 0.717) is 56.7 Å². The lowest BCUT2D eigenvalue weighted by Gasteiger charge is -2.26. The van der Waals surface area contributed by atoms with Crippen molar-refractivity contribution in [3.05, 3.63) is 183 Å². The minimum Gasteiger partial charge on any atom is -0.507 e. The van der Waals surface area contributed by atoms with Gasteiger partial charge >= 0.3 is 0 Å². The van der Waals surface area contributed by atoms with E-state index in [4.69, 9.17) is 33.9 Å². The zero-order valence-corrected chi connectivity index (χ0v) is 54.2. The zero-order valence-electron chi connectivity index (χ0n) is 50.7. The molecule has 8 nitrogen and oxygen atoms in total. The monoisotopic (exact) mass is 1160 g/mol. The number of phenolic OH excluding ortho intramolecular Hbond substituents is 4. The first-order valence-corrected chi connectivity index (χ1v) is 28.8. The van der Waals surface area contributed by atoms with Crippen molar-refractivity contribution in [3.63, 3.8) is 0 Å². The van der Waals surface area contributed by atoms with Crippen LogP contribution in [0.3, 0.4) is 0 Å². The van der Waals surface area contributed by atoms with Crippen LogP contribution < -0.4 is 0 Å². The minimum absolute atomic E-state index is 0.156. The molecule has 0 atom stereocenters. The molecule has 12 heteroatoms. The van der Waals surface area contributed by atoms with Crippen LogP contribution in [0.2, 0.25) is 0 Å². The molecular formula is C68H84O8S4. The van der Waals surface area contributed by atoms with Gasteiger partial charge in [-0.25, -0.2) is 0 Å². The van der Waals surface area contributed by atoms with E-state index in [1.807, 2.05) is 104 Å². The molecule has 6 rings (SSSR count). The summed E-state index contributed by atoms with van der Waals surface area (Å²) in [6, 6.07) is 18.8. The second-order valence-corrected chi connectivity index (χ2v) is 27.1. The van der Waals surface area contributed by atoms with E-state index in [1.165, 1.54) is 0 Å². The van der Waals surface area contributed by atoms with Crippen molar-refractivity contribution in [1.82, 2.24) is 0 Å². The first-order chi connectivity index (χ1) is 36.7. The van der Waals surface area contributed by atoms with Crippen molar-refractivity contribution in [1.29, 1.82) is 0 Å². The Labute approximate surface area is 498 Å². The molecular weight excluding hydrogens is 1070 g/mol. The maximum atomic E-state index is 12.8. The van der Waals surface area contributed by atoms with Crippen LogP contribution in [0.1, 0.15) is 215 Å². The van der Waals surface area contributed by atoms with Gasteiger partial charge in [-0.3, -0.25) is 9.59 Å². The summed E-state index contributed by atoms with van der Waals surface area (Å²) in [5.74, 6) is 1.10. The molecule has 0 spiro atoms. The van der Waals surface area contributed by atoms with Gasteiger partial charge in [0.05, 0.1) is 0 Å². The second kappa shape index (κ2) is 24.8. The Morgan fingerprint density at radius 3 is 0.850 bits per heavy atom. The molecule has 0 amide bonds. The number of hydrogen-bond acceptors (Lipinski definition) is 10. The van der Waals surface area contributed by atoms with E-state index in [9.17, 15) is 30.0 Å². The van der Waals surface area contributed by atoms with Crippen LogP contribution in [0, 0.1) is 55.4 Å². The molecule has 80 heavy (non-hydrogen) atoms. The van der Waals surface area contributed by atoms with Gasteiger partial charge in [0, 0.05) is 22.3 Å². The molecule has 6 aromatic rings. The largest absolute Gasteiger partial charge is 0.507 e. The highest BCUT2D eigenvalue weighted by Gasteiger charge is 2.29. The van der Waals surface area contributed by atoms with E-state index < -0.39 is 10.2 Å². The Kier molecular flexibility index (Phi) is 20.2. The summed E-state index contributed by atoms with van der Waals surface area (Å²) in [6.45, 7) is 41.1. The number of carbonyl (C=O) groups is 2. The quantitative estimate of drug-likeness (QED) is 0.0520. The summed E-state index contributed by atoms with van der Waals surface area (Å²) in [5.41, 5.74) is 17.3. The summed E-state index contributed by atoms with van der Waals surface area (Å²) in [5, 5.41) is 43.8. The predicted molar refractivity (Wildman–Crippen MR) is 343 cm³/mol. The van der Waals surface area contributed by atoms with Crippen LogP contribution in [0.4, 0.5) is 0 Å². The van der Waals surface area contributed by atoms with Gasteiger partial charge < -0.3 is 29.9 Å². The van der Waals surface area contributed by atoms with E-state index >= 15 is 0 Å². The zero-order chi connectivity index (χ0) is 60.6. The van der Waals surface area contributed by atoms with Crippen molar-refractivity contribution in [2.45, 2.75) is 186 Å². The highest BCUT2D eigenvalue weighted by atomic mass is 32.1. The number of phenols is 4. The minimum atomic E-state index is -0.403. The van der Waals surface area contributed by atoms with Gasteiger partial charge in [-0.1, -0.05) is 107 Å². The molecule has 0 aliphatic rings. The molecule has 0 aliphatic heterocycles. The van der Waals surface area contributed by atoms with Crippen LogP contribution >= 0.6 is 49.7 Å². The first-order valence-electron chi connectivity index (χ1n) is 27.1. The highest BCUT2D eigenvalue weighted by Crippen LogP contribution is 2.42. The number of thiocarbonyl (C=S) groups is 2. The molecule has 0 saturated heterocycles. The lowest BCUT2D eigenvalue weighted by atomic mass is 9.79. The van der Waals surface area contributed by atoms with E-state index in [-0.39, 0.29) is 46.4 Å². The summed E-state index contributed by atoms with van der Waals surface area (Å²) >= 11 is 19.5. The molecule has 0 aliphatic carbocycles. The molecule has 0 heterocycles. The van der Waals surface area contributed by atoms with Gasteiger partial charge in [-0.15, -0.1) is 25.3 Å². The average molecular weight is 1160 g/mol. The molecule has 0 aromatic heterocycles. The Bertz CT molecular complexity index is 3190. The lowest BCUT2D eigenvalue weighted by Crippen LogP contribution is -2.16. The number of rotatable bonds is 12. The third kappa shape index (κ3) is 14.5. The van der Waals surface area contributed by atoms with Crippen molar-refractivity contribution < 1.29 is 39.5 Å². The molecule has 0 unspecified atom stereocenters.